The van der Waals surface area contributed by atoms with E-state index in [1.165, 1.54) is 0 Å². The molecule has 0 spiro atoms. The van der Waals surface area contributed by atoms with E-state index in [4.69, 9.17) is 18.6 Å². The molecule has 2 aliphatic rings. The second-order valence-electron chi connectivity index (χ2n) is 15.8. The summed E-state index contributed by atoms with van der Waals surface area (Å²) < 4.78 is 55.7. The third-order valence-corrected chi connectivity index (χ3v) is 14.7. The maximum Gasteiger partial charge on any atom is 0.306 e. The van der Waals surface area contributed by atoms with Gasteiger partial charge in [0, 0.05) is 37.7 Å². The summed E-state index contributed by atoms with van der Waals surface area (Å²) in [4.78, 5) is 25.2. The Bertz CT molecular complexity index is 941. The second-order valence-corrected chi connectivity index (χ2v) is 20.5. The van der Waals surface area contributed by atoms with Crippen molar-refractivity contribution in [2.75, 3.05) is 6.61 Å². The number of hydrogen-bond donors (Lipinski definition) is 0. The molecule has 0 aromatic carbocycles. The lowest BCUT2D eigenvalue weighted by Crippen LogP contribution is -2.48. The first-order valence-corrected chi connectivity index (χ1v) is 21.7. The molecule has 1 aliphatic carbocycles. The van der Waals surface area contributed by atoms with E-state index in [9.17, 15) is 9.59 Å². The Morgan fingerprint density at radius 2 is 1.66 bits per heavy atom. The van der Waals surface area contributed by atoms with Crippen molar-refractivity contribution in [3.8, 4) is 0 Å². The highest BCUT2D eigenvalue weighted by Crippen LogP contribution is 2.42. The Kier molecular flexibility index (Phi) is 18.3. The number of Topliss-reactive ketones (excluding diaryl/α,β-unsaturated/α-hetero) is 1. The van der Waals surface area contributed by atoms with E-state index in [0.717, 1.165) is 77.0 Å². The lowest BCUT2D eigenvalue weighted by molar-refractivity contribution is -0.192. The SMILES string of the molecule is CCCCCCC(F)(F)C(/C=C/[C@H]1[C@H](OC2CCCCO2)CC(=O)[C@@H]1CCCCCCCCC(=O)OC(C)C)O[Si](C)(C)C(C)(C)C. The fourth-order valence-corrected chi connectivity index (χ4v) is 7.54. The fraction of sp³-hybridized carbons (Fsp3) is 0.895. The van der Waals surface area contributed by atoms with Gasteiger partial charge in [0.1, 0.15) is 11.9 Å². The molecule has 0 radical (unpaired) electrons. The molecule has 5 atom stereocenters. The van der Waals surface area contributed by atoms with Crippen molar-refractivity contribution in [3.05, 3.63) is 12.2 Å². The number of alkyl halides is 2. The van der Waals surface area contributed by atoms with Gasteiger partial charge in [0.05, 0.1) is 12.2 Å². The molecule has 2 fully saturated rings. The molecule has 0 N–H and O–H groups in total. The minimum Gasteiger partial charge on any atom is -0.463 e. The molecular formula is C38H68F2O6Si. The number of carbonyl (C=O) groups excluding carboxylic acids is 2. The van der Waals surface area contributed by atoms with E-state index in [1.54, 1.807) is 6.08 Å². The summed E-state index contributed by atoms with van der Waals surface area (Å²) in [7, 11) is -2.52. The molecule has 0 aromatic rings. The van der Waals surface area contributed by atoms with E-state index in [2.05, 4.69) is 27.7 Å². The van der Waals surface area contributed by atoms with Gasteiger partial charge in [-0.15, -0.1) is 0 Å². The first-order valence-electron chi connectivity index (χ1n) is 18.8. The van der Waals surface area contributed by atoms with E-state index in [-0.39, 0.29) is 60.0 Å². The quantitative estimate of drug-likeness (QED) is 0.0489. The van der Waals surface area contributed by atoms with Crippen LogP contribution < -0.4 is 0 Å². The molecule has 274 valence electrons. The normalized spacial score (nSPS) is 23.6. The van der Waals surface area contributed by atoms with Crippen LogP contribution in [0.2, 0.25) is 18.1 Å². The molecule has 2 unspecified atom stereocenters. The van der Waals surface area contributed by atoms with Gasteiger partial charge in [-0.25, -0.2) is 8.78 Å². The third kappa shape index (κ3) is 15.1. The predicted octanol–water partition coefficient (Wildman–Crippen LogP) is 10.7. The maximum absolute atomic E-state index is 15.9. The number of esters is 1. The molecule has 0 amide bonds. The number of halogens is 2. The van der Waals surface area contributed by atoms with Crippen LogP contribution in [0.4, 0.5) is 8.78 Å². The summed E-state index contributed by atoms with van der Waals surface area (Å²) in [6.07, 6.45) is 14.2. The molecule has 47 heavy (non-hydrogen) atoms. The van der Waals surface area contributed by atoms with Crippen molar-refractivity contribution >= 4 is 20.1 Å². The van der Waals surface area contributed by atoms with Crippen molar-refractivity contribution in [2.45, 2.75) is 199 Å². The summed E-state index contributed by atoms with van der Waals surface area (Å²) in [5.74, 6) is -3.55. The van der Waals surface area contributed by atoms with Crippen LogP contribution in [0, 0.1) is 11.8 Å². The smallest absolute Gasteiger partial charge is 0.306 e. The highest BCUT2D eigenvalue weighted by Gasteiger charge is 2.47. The standard InChI is InChI=1S/C38H68F2O6Si/c1-9-10-11-19-26-38(39,40)34(46-47(7,8)37(4,5)6)25-24-31-30(32(41)28-33(31)45-36-23-18-20-27-43-36)21-16-14-12-13-15-17-22-35(42)44-29(2)3/h24-25,29-31,33-34,36H,9-23,26-28H2,1-8H3/b25-24+/t30-,31-,33-,34?,36?/m1/s1. The lowest BCUT2D eigenvalue weighted by atomic mass is 9.88. The van der Waals surface area contributed by atoms with Gasteiger partial charge in [0.15, 0.2) is 14.6 Å². The predicted molar refractivity (Wildman–Crippen MR) is 188 cm³/mol. The number of unbranched alkanes of at least 4 members (excludes halogenated alkanes) is 8. The first-order chi connectivity index (χ1) is 22.1. The Hall–Kier alpha value is -1.16. The summed E-state index contributed by atoms with van der Waals surface area (Å²) in [6.45, 7) is 16.7. The zero-order chi connectivity index (χ0) is 35.1. The van der Waals surface area contributed by atoms with Gasteiger partial charge in [-0.05, 0) is 70.5 Å². The van der Waals surface area contributed by atoms with Crippen LogP contribution in [0.3, 0.4) is 0 Å². The van der Waals surface area contributed by atoms with E-state index in [0.29, 0.717) is 25.9 Å². The van der Waals surface area contributed by atoms with E-state index >= 15 is 8.78 Å². The summed E-state index contributed by atoms with van der Waals surface area (Å²) in [5.41, 5.74) is 0. The molecule has 1 heterocycles. The molecule has 0 bridgehead atoms. The Morgan fingerprint density at radius 1 is 1.00 bits per heavy atom. The Balaban J connectivity index is 2.14. The highest BCUT2D eigenvalue weighted by molar-refractivity contribution is 6.74. The van der Waals surface area contributed by atoms with E-state index in [1.807, 2.05) is 33.0 Å². The molecule has 1 aliphatic heterocycles. The van der Waals surface area contributed by atoms with Crippen molar-refractivity contribution < 1.29 is 37.0 Å². The van der Waals surface area contributed by atoms with E-state index < -0.39 is 20.3 Å². The average molecular weight is 687 g/mol. The Morgan fingerprint density at radius 3 is 2.28 bits per heavy atom. The van der Waals surface area contributed by atoms with Gasteiger partial charge in [-0.1, -0.05) is 91.2 Å². The number of rotatable bonds is 22. The largest absolute Gasteiger partial charge is 0.463 e. The molecule has 9 heteroatoms. The van der Waals surface area contributed by atoms with Gasteiger partial charge in [-0.3, -0.25) is 9.59 Å². The molecule has 0 aromatic heterocycles. The summed E-state index contributed by atoms with van der Waals surface area (Å²) in [5, 5.41) is -0.218. The minimum atomic E-state index is -3.01. The first kappa shape index (κ1) is 42.0. The third-order valence-electron chi connectivity index (χ3n) is 10.2. The van der Waals surface area contributed by atoms with Gasteiger partial charge >= 0.3 is 5.97 Å². The molecule has 2 rings (SSSR count). The number of hydrogen-bond acceptors (Lipinski definition) is 6. The second kappa shape index (κ2) is 20.5. The molecule has 1 saturated carbocycles. The van der Waals surface area contributed by atoms with Crippen LogP contribution in [-0.2, 0) is 28.2 Å². The van der Waals surface area contributed by atoms with Crippen molar-refractivity contribution in [3.63, 3.8) is 0 Å². The van der Waals surface area contributed by atoms with Crippen molar-refractivity contribution in [1.29, 1.82) is 0 Å². The Labute approximate surface area is 286 Å². The lowest BCUT2D eigenvalue weighted by Gasteiger charge is -2.40. The van der Waals surface area contributed by atoms with Gasteiger partial charge < -0.3 is 18.6 Å². The molecule has 1 saturated heterocycles. The number of ether oxygens (including phenoxy) is 3. The van der Waals surface area contributed by atoms with Crippen molar-refractivity contribution in [2.24, 2.45) is 11.8 Å². The van der Waals surface area contributed by atoms with Gasteiger partial charge in [-0.2, -0.15) is 0 Å². The van der Waals surface area contributed by atoms with Crippen LogP contribution in [0.5, 0.6) is 0 Å². The monoisotopic (exact) mass is 686 g/mol. The maximum atomic E-state index is 15.9. The van der Waals surface area contributed by atoms with Crippen LogP contribution in [0.25, 0.3) is 0 Å². The number of carbonyl (C=O) groups is 2. The highest BCUT2D eigenvalue weighted by atomic mass is 28.4. The van der Waals surface area contributed by atoms with Crippen LogP contribution in [0.1, 0.15) is 151 Å². The van der Waals surface area contributed by atoms with Crippen LogP contribution in [0.15, 0.2) is 12.2 Å². The van der Waals surface area contributed by atoms with Crippen LogP contribution in [-0.4, -0.2) is 57.2 Å². The summed E-state index contributed by atoms with van der Waals surface area (Å²) in [6, 6.07) is 0. The summed E-state index contributed by atoms with van der Waals surface area (Å²) >= 11 is 0. The van der Waals surface area contributed by atoms with Crippen LogP contribution >= 0.6 is 0 Å². The van der Waals surface area contributed by atoms with Gasteiger partial charge in [0.2, 0.25) is 0 Å². The zero-order valence-electron chi connectivity index (χ0n) is 31.1. The molecule has 6 nitrogen and oxygen atoms in total. The van der Waals surface area contributed by atoms with Crippen molar-refractivity contribution in [1.82, 2.24) is 0 Å². The fourth-order valence-electron chi connectivity index (χ4n) is 6.31. The molecular weight excluding hydrogens is 618 g/mol. The number of ketones is 1. The minimum absolute atomic E-state index is 0.0812. The topological polar surface area (TPSA) is 71.1 Å². The zero-order valence-corrected chi connectivity index (χ0v) is 32.1. The van der Waals surface area contributed by atoms with Gasteiger partial charge in [0.25, 0.3) is 5.92 Å². The average Bonchev–Trinajstić information content (AvgIpc) is 3.27.